The van der Waals surface area contributed by atoms with Crippen molar-refractivity contribution in [3.63, 3.8) is 0 Å². The fourth-order valence-electron chi connectivity index (χ4n) is 8.51. The number of rotatable bonds is 13. The second kappa shape index (κ2) is 17.7. The number of amides is 1. The lowest BCUT2D eigenvalue weighted by Crippen LogP contribution is -2.50. The second-order valence-corrected chi connectivity index (χ2v) is 18.4. The highest BCUT2D eigenvalue weighted by Crippen LogP contribution is 2.45. The van der Waals surface area contributed by atoms with Crippen LogP contribution >= 0.6 is 0 Å². The summed E-state index contributed by atoms with van der Waals surface area (Å²) in [4.78, 5) is 18.6. The van der Waals surface area contributed by atoms with Crippen molar-refractivity contribution in [2.75, 3.05) is 52.4 Å². The lowest BCUT2D eigenvalue weighted by Gasteiger charge is -2.46. The third kappa shape index (κ3) is 12.1. The minimum Gasteiger partial charge on any atom is -0.444 e. The van der Waals surface area contributed by atoms with Gasteiger partial charge in [0.1, 0.15) is 11.4 Å². The molecule has 0 aromatic heterocycles. The Hall–Kier alpha value is -3.22. The number of nitrogens with zero attached hydrogens (tertiary/aromatic N) is 3. The highest BCUT2D eigenvalue weighted by molar-refractivity contribution is 5.68. The molecule has 0 saturated carbocycles. The predicted octanol–water partition coefficient (Wildman–Crippen LogP) is 10.3. The van der Waals surface area contributed by atoms with Crippen LogP contribution < -0.4 is 4.74 Å². The van der Waals surface area contributed by atoms with Gasteiger partial charge in [-0.2, -0.15) is 22.0 Å². The van der Waals surface area contributed by atoms with Crippen molar-refractivity contribution < 1.29 is 41.0 Å². The van der Waals surface area contributed by atoms with Gasteiger partial charge in [-0.15, -0.1) is 0 Å². The zero-order valence-corrected chi connectivity index (χ0v) is 34.3. The number of halogens is 5. The van der Waals surface area contributed by atoms with Crippen LogP contribution in [0.25, 0.3) is 5.57 Å². The molecule has 2 atom stereocenters. The van der Waals surface area contributed by atoms with E-state index in [-0.39, 0.29) is 18.4 Å². The SMILES string of the molecule is CC(C)(C)OC(=O)N1CCN(CC2CC=C(c3ccc(CN(CC[C@@]4(c5ccc(OC(F)F)cc5)CCOC(C)(C)C4)CC(C)(C)C(F)(F)F)cc3)CC2)CC1. The largest absolute Gasteiger partial charge is 0.444 e. The van der Waals surface area contributed by atoms with Crippen LogP contribution in [0, 0.1) is 11.3 Å². The number of hydrogen-bond donors (Lipinski definition) is 0. The number of carbonyl (C=O) groups is 1. The van der Waals surface area contributed by atoms with Gasteiger partial charge < -0.3 is 19.1 Å². The maximum Gasteiger partial charge on any atom is 0.410 e. The van der Waals surface area contributed by atoms with Crippen LogP contribution in [-0.2, 0) is 21.4 Å². The van der Waals surface area contributed by atoms with Crippen molar-refractivity contribution in [3.8, 4) is 5.75 Å². The minimum absolute atomic E-state index is 0.0676. The molecule has 2 aromatic carbocycles. The number of carbonyl (C=O) groups excluding carboxylic acids is 1. The summed E-state index contributed by atoms with van der Waals surface area (Å²) in [6.07, 6.45) is 2.61. The third-order valence-electron chi connectivity index (χ3n) is 11.6. The lowest BCUT2D eigenvalue weighted by atomic mass is 9.67. The molecule has 2 saturated heterocycles. The molecule has 2 fully saturated rings. The van der Waals surface area contributed by atoms with Crippen LogP contribution in [0.5, 0.6) is 5.75 Å². The molecule has 1 unspecified atom stereocenters. The maximum atomic E-state index is 14.3. The average molecular weight is 792 g/mol. The monoisotopic (exact) mass is 791 g/mol. The molecule has 12 heteroatoms. The zero-order valence-electron chi connectivity index (χ0n) is 34.3. The molecule has 1 amide bonds. The van der Waals surface area contributed by atoms with E-state index in [1.165, 1.54) is 31.6 Å². The van der Waals surface area contributed by atoms with E-state index in [0.29, 0.717) is 58.0 Å². The molecule has 2 aliphatic heterocycles. The molecule has 312 valence electrons. The van der Waals surface area contributed by atoms with Crippen LogP contribution in [0.1, 0.15) is 104 Å². The van der Waals surface area contributed by atoms with Crippen LogP contribution in [0.3, 0.4) is 0 Å². The highest BCUT2D eigenvalue weighted by Gasteiger charge is 2.48. The van der Waals surface area contributed by atoms with E-state index in [1.807, 2.05) is 51.7 Å². The minimum atomic E-state index is -4.38. The molecule has 2 aromatic rings. The quantitative estimate of drug-likeness (QED) is 0.188. The van der Waals surface area contributed by atoms with Gasteiger partial charge in [0, 0.05) is 57.8 Å². The Kier molecular flexibility index (Phi) is 13.9. The number of benzene rings is 2. The first kappa shape index (κ1) is 43.9. The van der Waals surface area contributed by atoms with Gasteiger partial charge in [-0.3, -0.25) is 9.80 Å². The molecule has 1 aliphatic carbocycles. The average Bonchev–Trinajstić information content (AvgIpc) is 3.10. The lowest BCUT2D eigenvalue weighted by molar-refractivity contribution is -0.217. The normalized spacial score (nSPS) is 22.6. The van der Waals surface area contributed by atoms with Crippen molar-refractivity contribution in [1.82, 2.24) is 14.7 Å². The van der Waals surface area contributed by atoms with Gasteiger partial charge in [0.15, 0.2) is 0 Å². The molecule has 0 N–H and O–H groups in total. The summed E-state index contributed by atoms with van der Waals surface area (Å²) in [6, 6.07) is 14.9. The Labute approximate surface area is 330 Å². The maximum absolute atomic E-state index is 14.3. The number of alkyl halides is 5. The molecule has 0 bridgehead atoms. The Morgan fingerprint density at radius 2 is 1.62 bits per heavy atom. The number of ether oxygens (including phenoxy) is 3. The predicted molar refractivity (Wildman–Crippen MR) is 210 cm³/mol. The van der Waals surface area contributed by atoms with Gasteiger partial charge in [-0.25, -0.2) is 4.79 Å². The molecule has 5 rings (SSSR count). The molecular formula is C44H62F5N3O4. The Balaban J connectivity index is 1.23. The fraction of sp³-hybridized carbons (Fsp3) is 0.659. The molecule has 3 aliphatic rings. The standard InChI is InChI=1S/C44H62F5N3O4/c1-40(2,3)56-39(53)52-25-23-50(24-26-52)28-32-8-12-34(13-9-32)35-14-10-33(11-15-35)29-51(31-41(4,5)44(47,48)49)22-20-43(21-27-54-42(6,7)30-43)36-16-18-37(19-17-36)55-38(45)46/h10-12,14-19,32,38H,8-9,13,20-31H2,1-7H3/t32?,43-/m1/s1. The smallest absolute Gasteiger partial charge is 0.410 e. The van der Waals surface area contributed by atoms with Crippen molar-refractivity contribution >= 4 is 11.7 Å². The molecular weight excluding hydrogens is 729 g/mol. The van der Waals surface area contributed by atoms with Crippen LogP contribution in [0.4, 0.5) is 26.7 Å². The van der Waals surface area contributed by atoms with Crippen LogP contribution in [-0.4, -0.2) is 97.2 Å². The summed E-state index contributed by atoms with van der Waals surface area (Å²) in [5.41, 5.74) is 1.01. The van der Waals surface area contributed by atoms with Crippen molar-refractivity contribution in [2.24, 2.45) is 11.3 Å². The fourth-order valence-corrected chi connectivity index (χ4v) is 8.51. The summed E-state index contributed by atoms with van der Waals surface area (Å²) in [5.74, 6) is 0.614. The first-order valence-electron chi connectivity index (χ1n) is 20.1. The molecule has 2 heterocycles. The summed E-state index contributed by atoms with van der Waals surface area (Å²) in [7, 11) is 0. The summed E-state index contributed by atoms with van der Waals surface area (Å²) in [5, 5.41) is 0. The Bertz CT molecular complexity index is 1610. The van der Waals surface area contributed by atoms with Gasteiger partial charge in [0.25, 0.3) is 0 Å². The van der Waals surface area contributed by atoms with Gasteiger partial charge in [-0.05, 0) is 134 Å². The number of piperazine rings is 1. The van der Waals surface area contributed by atoms with E-state index in [2.05, 4.69) is 27.8 Å². The van der Waals surface area contributed by atoms with E-state index in [1.54, 1.807) is 17.0 Å². The van der Waals surface area contributed by atoms with Crippen LogP contribution in [0.2, 0.25) is 0 Å². The highest BCUT2D eigenvalue weighted by atomic mass is 19.4. The van der Waals surface area contributed by atoms with Gasteiger partial charge in [0.05, 0.1) is 11.0 Å². The molecule has 0 radical (unpaired) electrons. The topological polar surface area (TPSA) is 54.5 Å². The molecule has 56 heavy (non-hydrogen) atoms. The Morgan fingerprint density at radius 1 is 0.964 bits per heavy atom. The summed E-state index contributed by atoms with van der Waals surface area (Å²) in [6.45, 7) is 14.4. The molecule has 0 spiro atoms. The second-order valence-electron chi connectivity index (χ2n) is 18.4. The first-order valence-corrected chi connectivity index (χ1v) is 20.1. The van der Waals surface area contributed by atoms with Crippen molar-refractivity contribution in [2.45, 2.75) is 123 Å². The summed E-state index contributed by atoms with van der Waals surface area (Å²) < 4.78 is 84.8. The van der Waals surface area contributed by atoms with Gasteiger partial charge >= 0.3 is 18.9 Å². The van der Waals surface area contributed by atoms with E-state index >= 15 is 0 Å². The Morgan fingerprint density at radius 3 is 2.18 bits per heavy atom. The third-order valence-corrected chi connectivity index (χ3v) is 11.6. The molecule has 7 nitrogen and oxygen atoms in total. The van der Waals surface area contributed by atoms with E-state index in [9.17, 15) is 26.7 Å². The number of allylic oxidation sites excluding steroid dienone is 2. The number of hydrogen-bond acceptors (Lipinski definition) is 6. The van der Waals surface area contributed by atoms with E-state index in [4.69, 9.17) is 9.47 Å². The van der Waals surface area contributed by atoms with Gasteiger partial charge in [0.2, 0.25) is 0 Å². The summed E-state index contributed by atoms with van der Waals surface area (Å²) >= 11 is 0. The van der Waals surface area contributed by atoms with E-state index < -0.39 is 34.8 Å². The zero-order chi connectivity index (χ0) is 40.9. The first-order chi connectivity index (χ1) is 26.1. The van der Waals surface area contributed by atoms with Crippen molar-refractivity contribution in [3.05, 3.63) is 71.3 Å². The van der Waals surface area contributed by atoms with Gasteiger partial charge in [-0.1, -0.05) is 42.5 Å². The van der Waals surface area contributed by atoms with E-state index in [0.717, 1.165) is 55.6 Å². The van der Waals surface area contributed by atoms with Crippen molar-refractivity contribution in [1.29, 1.82) is 0 Å². The van der Waals surface area contributed by atoms with Crippen LogP contribution in [0.15, 0.2) is 54.6 Å².